The molecule has 0 bridgehead atoms. The highest BCUT2D eigenvalue weighted by molar-refractivity contribution is 6.02. The number of H-pyrrole nitrogens is 1. The summed E-state index contributed by atoms with van der Waals surface area (Å²) in [6.07, 6.45) is 8.69. The van der Waals surface area contributed by atoms with E-state index in [0.29, 0.717) is 23.8 Å². The quantitative estimate of drug-likeness (QED) is 0.680. The normalized spacial score (nSPS) is 12.3. The van der Waals surface area contributed by atoms with Gasteiger partial charge in [0, 0.05) is 26.3 Å². The van der Waals surface area contributed by atoms with Crippen molar-refractivity contribution in [1.29, 1.82) is 0 Å². The lowest BCUT2D eigenvalue weighted by molar-refractivity contribution is 0.101. The summed E-state index contributed by atoms with van der Waals surface area (Å²) in [5, 5.41) is 15.8. The number of carbonyl (C=O) groups is 2. The number of ether oxygens (including phenoxy) is 2. The first-order valence-corrected chi connectivity index (χ1v) is 10.0. The van der Waals surface area contributed by atoms with Gasteiger partial charge in [0.25, 0.3) is 5.91 Å². The van der Waals surface area contributed by atoms with Crippen molar-refractivity contribution in [3.05, 3.63) is 29.7 Å². The number of aromatic amines is 1. The van der Waals surface area contributed by atoms with Gasteiger partial charge in [-0.2, -0.15) is 10.2 Å². The molecule has 1 saturated carbocycles. The number of methoxy groups -OCH3 is 2. The maximum Gasteiger partial charge on any atom is 0.407 e. The van der Waals surface area contributed by atoms with Crippen molar-refractivity contribution in [2.45, 2.75) is 58.6 Å². The summed E-state index contributed by atoms with van der Waals surface area (Å²) in [6.45, 7) is 4.12. The van der Waals surface area contributed by atoms with Crippen LogP contribution in [0.5, 0.6) is 0 Å². The second kappa shape index (κ2) is 14.2. The Hall–Kier alpha value is -2.88. The lowest BCUT2D eigenvalue weighted by atomic mass is 10.3. The number of rotatable bonds is 5. The van der Waals surface area contributed by atoms with Crippen LogP contribution >= 0.6 is 0 Å². The third-order valence-electron chi connectivity index (χ3n) is 4.05. The highest BCUT2D eigenvalue weighted by Gasteiger charge is 2.13. The lowest BCUT2D eigenvalue weighted by Crippen LogP contribution is -2.29. The minimum atomic E-state index is -0.375. The molecular formula is C20H34N6O4. The van der Waals surface area contributed by atoms with Crippen LogP contribution in [0.1, 0.15) is 62.1 Å². The predicted octanol–water partition coefficient (Wildman–Crippen LogP) is 3.24. The van der Waals surface area contributed by atoms with Gasteiger partial charge in [-0.3, -0.25) is 14.6 Å². The monoisotopic (exact) mass is 422 g/mol. The maximum absolute atomic E-state index is 11.9. The zero-order valence-corrected chi connectivity index (χ0v) is 18.5. The fourth-order valence-corrected chi connectivity index (χ4v) is 2.65. The minimum absolute atomic E-state index is 0.155. The Morgan fingerprint density at radius 2 is 1.83 bits per heavy atom. The van der Waals surface area contributed by atoms with Gasteiger partial charge in [0.1, 0.15) is 11.5 Å². The number of carbonyl (C=O) groups excluding carboxylic acids is 2. The number of amides is 2. The molecule has 0 atom stereocenters. The maximum atomic E-state index is 11.9. The number of hydrogen-bond acceptors (Lipinski definition) is 6. The molecule has 1 aliphatic rings. The van der Waals surface area contributed by atoms with E-state index in [4.69, 9.17) is 4.74 Å². The number of anilines is 1. The Kier molecular flexibility index (Phi) is 11.9. The first-order chi connectivity index (χ1) is 14.4. The van der Waals surface area contributed by atoms with Crippen molar-refractivity contribution < 1.29 is 19.1 Å². The van der Waals surface area contributed by atoms with E-state index in [1.807, 2.05) is 13.8 Å². The third-order valence-corrected chi connectivity index (χ3v) is 4.05. The molecule has 2 aromatic rings. The van der Waals surface area contributed by atoms with Crippen LogP contribution in [0.4, 0.5) is 10.6 Å². The fraction of sp³-hybridized carbons (Fsp3) is 0.600. The molecule has 3 rings (SSSR count). The van der Waals surface area contributed by atoms with E-state index in [1.165, 1.54) is 43.9 Å². The summed E-state index contributed by atoms with van der Waals surface area (Å²) in [5.74, 6) is 0.302. The molecule has 1 fully saturated rings. The molecular weight excluding hydrogens is 388 g/mol. The average molecular weight is 423 g/mol. The van der Waals surface area contributed by atoms with Crippen LogP contribution in [-0.4, -0.2) is 52.2 Å². The van der Waals surface area contributed by atoms with E-state index in [1.54, 1.807) is 32.5 Å². The Bertz CT molecular complexity index is 731. The van der Waals surface area contributed by atoms with Gasteiger partial charge >= 0.3 is 6.09 Å². The largest absolute Gasteiger partial charge is 0.453 e. The SMILES string of the molecule is C1CCCC1.COC(=O)NC(C)C.COCc1cc(C(=O)Nc2ccn[nH]2)n(C)n1. The van der Waals surface area contributed by atoms with E-state index in [-0.39, 0.29) is 18.0 Å². The molecule has 0 aliphatic heterocycles. The second-order valence-corrected chi connectivity index (χ2v) is 7.06. The molecule has 2 amide bonds. The summed E-state index contributed by atoms with van der Waals surface area (Å²) < 4.78 is 10.8. The Morgan fingerprint density at radius 3 is 2.27 bits per heavy atom. The summed E-state index contributed by atoms with van der Waals surface area (Å²) in [6, 6.07) is 3.52. The molecule has 2 aromatic heterocycles. The van der Waals surface area contributed by atoms with E-state index in [2.05, 4.69) is 30.7 Å². The van der Waals surface area contributed by atoms with Crippen molar-refractivity contribution in [1.82, 2.24) is 25.3 Å². The molecule has 168 valence electrons. The molecule has 3 N–H and O–H groups in total. The van der Waals surface area contributed by atoms with Crippen LogP contribution in [-0.2, 0) is 23.1 Å². The first kappa shape index (κ1) is 25.2. The molecule has 0 saturated heterocycles. The van der Waals surface area contributed by atoms with Gasteiger partial charge in [0.15, 0.2) is 0 Å². The van der Waals surface area contributed by atoms with Crippen LogP contribution in [0.2, 0.25) is 0 Å². The number of hydrogen-bond donors (Lipinski definition) is 3. The van der Waals surface area contributed by atoms with E-state index in [0.717, 1.165) is 0 Å². The summed E-state index contributed by atoms with van der Waals surface area (Å²) in [4.78, 5) is 22.2. The number of aryl methyl sites for hydroxylation is 1. The van der Waals surface area contributed by atoms with E-state index >= 15 is 0 Å². The molecule has 2 heterocycles. The summed E-state index contributed by atoms with van der Waals surface area (Å²) in [7, 11) is 4.64. The smallest absolute Gasteiger partial charge is 0.407 e. The van der Waals surface area contributed by atoms with Crippen LogP contribution in [0.15, 0.2) is 18.3 Å². The van der Waals surface area contributed by atoms with Gasteiger partial charge in [-0.15, -0.1) is 0 Å². The van der Waals surface area contributed by atoms with E-state index in [9.17, 15) is 9.59 Å². The van der Waals surface area contributed by atoms with Crippen molar-refractivity contribution in [2.75, 3.05) is 19.5 Å². The average Bonchev–Trinajstić information content (AvgIpc) is 3.46. The molecule has 30 heavy (non-hydrogen) atoms. The zero-order chi connectivity index (χ0) is 22.4. The van der Waals surface area contributed by atoms with Gasteiger partial charge in [-0.05, 0) is 19.9 Å². The van der Waals surface area contributed by atoms with Crippen molar-refractivity contribution in [3.8, 4) is 0 Å². The third kappa shape index (κ3) is 10.1. The predicted molar refractivity (Wildman–Crippen MR) is 114 cm³/mol. The second-order valence-electron chi connectivity index (χ2n) is 7.06. The van der Waals surface area contributed by atoms with Gasteiger partial charge in [0.2, 0.25) is 0 Å². The molecule has 10 heteroatoms. The number of nitrogens with zero attached hydrogens (tertiary/aromatic N) is 3. The Labute approximate surface area is 177 Å². The topological polar surface area (TPSA) is 123 Å². The Morgan fingerprint density at radius 1 is 1.20 bits per heavy atom. The number of nitrogens with one attached hydrogen (secondary N) is 3. The van der Waals surface area contributed by atoms with Gasteiger partial charge in [-0.25, -0.2) is 4.79 Å². The molecule has 0 spiro atoms. The van der Waals surface area contributed by atoms with Crippen molar-refractivity contribution >= 4 is 17.8 Å². The standard InChI is InChI=1S/C10H13N5O2.C5H11NO2.C5H10/c1-15-8(5-7(14-15)6-17-2)10(16)12-9-3-4-11-13-9;1-4(2)6-5(7)8-3;1-2-4-5-3-1/h3-5H,6H2,1-2H3,(H2,11,12,13,16);4H,1-3H3,(H,6,7);1-5H2. The molecule has 0 aromatic carbocycles. The van der Waals surface area contributed by atoms with Crippen molar-refractivity contribution in [2.24, 2.45) is 7.05 Å². The van der Waals surface area contributed by atoms with E-state index < -0.39 is 0 Å². The summed E-state index contributed by atoms with van der Waals surface area (Å²) >= 11 is 0. The highest BCUT2D eigenvalue weighted by atomic mass is 16.5. The van der Waals surface area contributed by atoms with Crippen LogP contribution in [0.3, 0.4) is 0 Å². The van der Waals surface area contributed by atoms with Crippen LogP contribution in [0, 0.1) is 0 Å². The van der Waals surface area contributed by atoms with Gasteiger partial charge in [0.05, 0.1) is 25.6 Å². The van der Waals surface area contributed by atoms with Gasteiger partial charge in [-0.1, -0.05) is 32.1 Å². The Balaban J connectivity index is 0.000000285. The van der Waals surface area contributed by atoms with Gasteiger partial charge < -0.3 is 20.1 Å². The highest BCUT2D eigenvalue weighted by Crippen LogP contribution is 2.15. The van der Waals surface area contributed by atoms with Crippen LogP contribution < -0.4 is 10.6 Å². The fourth-order valence-electron chi connectivity index (χ4n) is 2.65. The molecule has 0 unspecified atom stereocenters. The van der Waals surface area contributed by atoms with Crippen LogP contribution in [0.25, 0.3) is 0 Å². The number of aromatic nitrogens is 4. The zero-order valence-electron chi connectivity index (χ0n) is 18.5. The summed E-state index contributed by atoms with van der Waals surface area (Å²) in [5.41, 5.74) is 1.18. The lowest BCUT2D eigenvalue weighted by Gasteiger charge is -2.04. The van der Waals surface area contributed by atoms with Crippen molar-refractivity contribution in [3.63, 3.8) is 0 Å². The number of alkyl carbamates (subject to hydrolysis) is 1. The first-order valence-electron chi connectivity index (χ1n) is 10.0. The molecule has 0 radical (unpaired) electrons. The molecule has 10 nitrogen and oxygen atoms in total. The molecule has 1 aliphatic carbocycles. The minimum Gasteiger partial charge on any atom is -0.453 e.